The molecule has 0 radical (unpaired) electrons. The van der Waals surface area contributed by atoms with Crippen LogP contribution in [0.25, 0.3) is 0 Å². The van der Waals surface area contributed by atoms with E-state index in [0.29, 0.717) is 12.0 Å². The molecule has 3 heteroatoms. The summed E-state index contributed by atoms with van der Waals surface area (Å²) in [5.74, 6) is 1.87. The van der Waals surface area contributed by atoms with Crippen molar-refractivity contribution in [2.45, 2.75) is 57.9 Å². The van der Waals surface area contributed by atoms with E-state index >= 15 is 0 Å². The lowest BCUT2D eigenvalue weighted by Gasteiger charge is -2.18. The van der Waals surface area contributed by atoms with Gasteiger partial charge in [-0.1, -0.05) is 13.8 Å². The molecule has 16 heavy (non-hydrogen) atoms. The molecule has 0 amide bonds. The fraction of sp³-hybridized carbons (Fsp3) is 0.769. The maximum Gasteiger partial charge on any atom is 0.112 e. The molecule has 1 atom stereocenters. The van der Waals surface area contributed by atoms with Crippen LogP contribution in [0.5, 0.6) is 0 Å². The highest BCUT2D eigenvalue weighted by Crippen LogP contribution is 2.27. The molecule has 2 N–H and O–H groups in total. The Morgan fingerprint density at radius 1 is 1.44 bits per heavy atom. The summed E-state index contributed by atoms with van der Waals surface area (Å²) in [6.07, 6.45) is 5.51. The van der Waals surface area contributed by atoms with Crippen LogP contribution < -0.4 is 5.73 Å². The van der Waals surface area contributed by atoms with Gasteiger partial charge in [0.25, 0.3) is 0 Å². The van der Waals surface area contributed by atoms with Gasteiger partial charge in [0.15, 0.2) is 0 Å². The molecular weight excluding hydrogens is 198 g/mol. The van der Waals surface area contributed by atoms with Gasteiger partial charge in [-0.05, 0) is 25.7 Å². The van der Waals surface area contributed by atoms with Gasteiger partial charge >= 0.3 is 0 Å². The van der Waals surface area contributed by atoms with Gasteiger partial charge in [-0.2, -0.15) is 0 Å². The number of hydrogen-bond acceptors (Lipinski definition) is 2. The number of nitrogens with zero attached hydrogens (tertiary/aromatic N) is 2. The zero-order valence-corrected chi connectivity index (χ0v) is 10.7. The van der Waals surface area contributed by atoms with Crippen LogP contribution in [0.3, 0.4) is 0 Å². The third-order valence-corrected chi connectivity index (χ3v) is 3.89. The summed E-state index contributed by atoms with van der Waals surface area (Å²) in [5.41, 5.74) is 8.67. The second-order valence-corrected chi connectivity index (χ2v) is 4.94. The number of nitrogens with two attached hydrogens (primary N) is 1. The Bertz CT molecular complexity index is 363. The fourth-order valence-corrected chi connectivity index (χ4v) is 2.78. The summed E-state index contributed by atoms with van der Waals surface area (Å²) >= 11 is 0. The number of imidazole rings is 1. The third kappa shape index (κ3) is 1.88. The maximum atomic E-state index is 6.00. The number of rotatable bonds is 3. The van der Waals surface area contributed by atoms with E-state index in [1.165, 1.54) is 30.1 Å². The molecule has 1 unspecified atom stereocenters. The smallest absolute Gasteiger partial charge is 0.112 e. The Hall–Kier alpha value is -0.830. The summed E-state index contributed by atoms with van der Waals surface area (Å²) in [6.45, 7) is 4.49. The fourth-order valence-electron chi connectivity index (χ4n) is 2.78. The van der Waals surface area contributed by atoms with Crippen LogP contribution in [0.1, 0.15) is 56.2 Å². The molecule has 90 valence electrons. The average Bonchev–Trinajstić information content (AvgIpc) is 2.58. The van der Waals surface area contributed by atoms with Crippen LogP contribution in [-0.2, 0) is 19.9 Å². The molecule has 0 saturated carbocycles. The van der Waals surface area contributed by atoms with Crippen LogP contribution in [0.2, 0.25) is 0 Å². The molecule has 1 aromatic heterocycles. The van der Waals surface area contributed by atoms with Crippen LogP contribution in [0, 0.1) is 0 Å². The van der Waals surface area contributed by atoms with Crippen LogP contribution >= 0.6 is 0 Å². The minimum Gasteiger partial charge on any atom is -0.335 e. The first-order chi connectivity index (χ1) is 7.67. The molecule has 1 aliphatic carbocycles. The van der Waals surface area contributed by atoms with E-state index in [4.69, 9.17) is 10.7 Å². The minimum absolute atomic E-state index is 0.317. The first kappa shape index (κ1) is 11.6. The zero-order valence-electron chi connectivity index (χ0n) is 10.7. The molecule has 0 spiro atoms. The second kappa shape index (κ2) is 4.58. The van der Waals surface area contributed by atoms with E-state index in [2.05, 4.69) is 25.5 Å². The third-order valence-electron chi connectivity index (χ3n) is 3.89. The Morgan fingerprint density at radius 3 is 2.75 bits per heavy atom. The Balaban J connectivity index is 2.34. The van der Waals surface area contributed by atoms with Gasteiger partial charge < -0.3 is 10.3 Å². The Labute approximate surface area is 98.1 Å². The lowest BCUT2D eigenvalue weighted by Crippen LogP contribution is -2.28. The predicted octanol–water partition coefficient (Wildman–Crippen LogP) is 2.14. The van der Waals surface area contributed by atoms with E-state index in [0.717, 1.165) is 19.3 Å². The molecule has 0 bridgehead atoms. The van der Waals surface area contributed by atoms with E-state index < -0.39 is 0 Å². The first-order valence-corrected chi connectivity index (χ1v) is 6.47. The van der Waals surface area contributed by atoms with Crippen LogP contribution in [0.4, 0.5) is 0 Å². The summed E-state index contributed by atoms with van der Waals surface area (Å²) < 4.78 is 2.32. The lowest BCUT2D eigenvalue weighted by molar-refractivity contribution is 0.547. The number of fused-ring (bicyclic) bond motifs is 1. The summed E-state index contributed by atoms with van der Waals surface area (Å²) in [4.78, 5) is 4.83. The molecule has 3 nitrogen and oxygen atoms in total. The van der Waals surface area contributed by atoms with Crippen molar-refractivity contribution in [2.24, 2.45) is 12.8 Å². The zero-order chi connectivity index (χ0) is 11.7. The topological polar surface area (TPSA) is 43.8 Å². The molecule has 0 aromatic carbocycles. The molecule has 0 fully saturated rings. The van der Waals surface area contributed by atoms with Gasteiger partial charge in [0, 0.05) is 31.1 Å². The number of aromatic nitrogens is 2. The summed E-state index contributed by atoms with van der Waals surface area (Å²) in [6, 6.07) is 0.317. The van der Waals surface area contributed by atoms with Gasteiger partial charge in [0.05, 0.1) is 5.69 Å². The normalized spacial score (nSPS) is 20.2. The molecule has 1 heterocycles. The molecule has 0 aliphatic heterocycles. The van der Waals surface area contributed by atoms with Gasteiger partial charge in [-0.15, -0.1) is 0 Å². The largest absolute Gasteiger partial charge is 0.335 e. The highest BCUT2D eigenvalue weighted by molar-refractivity contribution is 5.23. The number of hydrogen-bond donors (Lipinski definition) is 1. The van der Waals surface area contributed by atoms with E-state index in [9.17, 15) is 0 Å². The van der Waals surface area contributed by atoms with Gasteiger partial charge in [-0.3, -0.25) is 0 Å². The van der Waals surface area contributed by atoms with Crippen molar-refractivity contribution in [3.63, 3.8) is 0 Å². The van der Waals surface area contributed by atoms with Crippen molar-refractivity contribution in [1.29, 1.82) is 0 Å². The van der Waals surface area contributed by atoms with E-state index in [1.54, 1.807) is 0 Å². The van der Waals surface area contributed by atoms with Crippen molar-refractivity contribution in [1.82, 2.24) is 9.55 Å². The van der Waals surface area contributed by atoms with Crippen molar-refractivity contribution >= 4 is 0 Å². The standard InChI is InChI=1S/C13H23N3/c1-4-9(5-2)13-15-11-8-10(14)6-7-12(11)16(13)3/h9-10H,4-8,14H2,1-3H3. The molecule has 1 aliphatic rings. The second-order valence-electron chi connectivity index (χ2n) is 4.94. The van der Waals surface area contributed by atoms with Crippen LogP contribution in [0.15, 0.2) is 0 Å². The van der Waals surface area contributed by atoms with Gasteiger partial charge in [0.2, 0.25) is 0 Å². The van der Waals surface area contributed by atoms with Crippen LogP contribution in [-0.4, -0.2) is 15.6 Å². The van der Waals surface area contributed by atoms with Gasteiger partial charge in [-0.25, -0.2) is 4.98 Å². The summed E-state index contributed by atoms with van der Waals surface area (Å²) in [7, 11) is 2.16. The lowest BCUT2D eigenvalue weighted by atomic mass is 9.97. The van der Waals surface area contributed by atoms with Crippen molar-refractivity contribution in [3.05, 3.63) is 17.2 Å². The SMILES string of the molecule is CCC(CC)c1nc2c(n1C)CCC(N)C2. The Morgan fingerprint density at radius 2 is 2.12 bits per heavy atom. The summed E-state index contributed by atoms with van der Waals surface area (Å²) in [5, 5.41) is 0. The Kier molecular flexibility index (Phi) is 3.33. The average molecular weight is 221 g/mol. The van der Waals surface area contributed by atoms with Gasteiger partial charge in [0.1, 0.15) is 5.82 Å². The molecule has 1 aromatic rings. The predicted molar refractivity (Wildman–Crippen MR) is 66.5 cm³/mol. The molecule has 0 saturated heterocycles. The monoisotopic (exact) mass is 221 g/mol. The molecular formula is C13H23N3. The first-order valence-electron chi connectivity index (χ1n) is 6.47. The quantitative estimate of drug-likeness (QED) is 0.850. The maximum absolute atomic E-state index is 6.00. The van der Waals surface area contributed by atoms with Crippen molar-refractivity contribution in [2.75, 3.05) is 0 Å². The molecule has 2 rings (SSSR count). The van der Waals surface area contributed by atoms with Crippen molar-refractivity contribution in [3.8, 4) is 0 Å². The van der Waals surface area contributed by atoms with Crippen molar-refractivity contribution < 1.29 is 0 Å². The highest BCUT2D eigenvalue weighted by Gasteiger charge is 2.24. The van der Waals surface area contributed by atoms with E-state index in [-0.39, 0.29) is 0 Å². The minimum atomic E-state index is 0.317. The van der Waals surface area contributed by atoms with E-state index in [1.807, 2.05) is 0 Å². The highest BCUT2D eigenvalue weighted by atomic mass is 15.1.